The van der Waals surface area contributed by atoms with Gasteiger partial charge < -0.3 is 10.5 Å². The highest BCUT2D eigenvalue weighted by molar-refractivity contribution is 6.31. The van der Waals surface area contributed by atoms with E-state index in [1.54, 1.807) is 12.1 Å². The monoisotopic (exact) mass is 349 g/mol. The van der Waals surface area contributed by atoms with E-state index >= 15 is 0 Å². The third-order valence-electron chi connectivity index (χ3n) is 3.13. The molecule has 0 saturated heterocycles. The fourth-order valence-corrected chi connectivity index (χ4v) is 2.56. The number of hydrogen-bond acceptors (Lipinski definition) is 2. The second-order valence-corrected chi connectivity index (χ2v) is 5.57. The normalized spacial score (nSPS) is 14.3. The van der Waals surface area contributed by atoms with Crippen molar-refractivity contribution in [3.63, 3.8) is 0 Å². The van der Waals surface area contributed by atoms with Crippen molar-refractivity contribution in [1.29, 1.82) is 0 Å². The lowest BCUT2D eigenvalue weighted by Crippen LogP contribution is -2.12. The molecule has 1 atom stereocenters. The number of rotatable bonds is 0. The van der Waals surface area contributed by atoms with Crippen LogP contribution in [-0.2, 0) is 6.61 Å². The minimum atomic E-state index is -0.269. The second-order valence-electron chi connectivity index (χ2n) is 4.70. The van der Waals surface area contributed by atoms with Crippen LogP contribution in [0.1, 0.15) is 29.7 Å². The Kier molecular flexibility index (Phi) is 7.90. The maximum absolute atomic E-state index is 6.30. The second kappa shape index (κ2) is 9.41. The van der Waals surface area contributed by atoms with E-state index in [-0.39, 0.29) is 6.04 Å². The van der Waals surface area contributed by atoms with Crippen molar-refractivity contribution >= 4 is 23.2 Å². The van der Waals surface area contributed by atoms with Gasteiger partial charge in [0.05, 0.1) is 6.04 Å². The van der Waals surface area contributed by atoms with Crippen LogP contribution in [0.25, 0.3) is 0 Å². The summed E-state index contributed by atoms with van der Waals surface area (Å²) in [5.41, 5.74) is 9.23. The molecule has 2 nitrogen and oxygen atoms in total. The Morgan fingerprint density at radius 3 is 2.22 bits per heavy atom. The summed E-state index contributed by atoms with van der Waals surface area (Å²) < 4.78 is 5.76. The van der Waals surface area contributed by atoms with E-state index in [1.807, 2.05) is 37.3 Å². The van der Waals surface area contributed by atoms with Gasteiger partial charge in [-0.15, -0.1) is 19.7 Å². The van der Waals surface area contributed by atoms with E-state index in [0.29, 0.717) is 16.7 Å². The molecule has 0 saturated carbocycles. The molecule has 0 radical (unpaired) electrons. The van der Waals surface area contributed by atoms with E-state index in [0.717, 1.165) is 22.4 Å². The Morgan fingerprint density at radius 2 is 1.61 bits per heavy atom. The van der Waals surface area contributed by atoms with Gasteiger partial charge in [0.25, 0.3) is 0 Å². The molecule has 1 aliphatic rings. The molecule has 2 aromatic carbocycles. The van der Waals surface area contributed by atoms with Crippen LogP contribution in [0.5, 0.6) is 5.75 Å². The lowest BCUT2D eigenvalue weighted by Gasteiger charge is -2.14. The summed E-state index contributed by atoms with van der Waals surface area (Å²) in [6.45, 7) is 11.7. The van der Waals surface area contributed by atoms with Gasteiger partial charge in [-0.2, -0.15) is 0 Å². The van der Waals surface area contributed by atoms with Gasteiger partial charge in [-0.25, -0.2) is 0 Å². The molecule has 0 aromatic heterocycles. The van der Waals surface area contributed by atoms with Crippen molar-refractivity contribution in [3.8, 4) is 5.75 Å². The van der Waals surface area contributed by atoms with Crippen LogP contribution in [0, 0.1) is 0 Å². The topological polar surface area (TPSA) is 35.2 Å². The molecule has 0 bridgehead atoms. The summed E-state index contributed by atoms with van der Waals surface area (Å²) in [5, 5.41) is 1.33. The maximum atomic E-state index is 6.30. The highest BCUT2D eigenvalue weighted by Crippen LogP contribution is 2.36. The van der Waals surface area contributed by atoms with Crippen molar-refractivity contribution < 1.29 is 4.74 Å². The van der Waals surface area contributed by atoms with Crippen LogP contribution >= 0.6 is 23.2 Å². The average Bonchev–Trinajstić information content (AvgIpc) is 2.68. The van der Waals surface area contributed by atoms with Crippen molar-refractivity contribution in [2.75, 3.05) is 0 Å². The van der Waals surface area contributed by atoms with Gasteiger partial charge >= 0.3 is 0 Å². The number of nitrogens with two attached hydrogens (primary N) is 1. The first-order valence-corrected chi connectivity index (χ1v) is 7.85. The Hall–Kier alpha value is -1.74. The third kappa shape index (κ3) is 4.87. The Morgan fingerprint density at radius 1 is 1.09 bits per heavy atom. The number of hydrogen-bond donors (Lipinski definition) is 1. The quantitative estimate of drug-likeness (QED) is 0.598. The zero-order valence-corrected chi connectivity index (χ0v) is 14.7. The lowest BCUT2D eigenvalue weighted by atomic mass is 9.96. The molecular weight excluding hydrogens is 329 g/mol. The van der Waals surface area contributed by atoms with Crippen LogP contribution in [0.4, 0.5) is 0 Å². The van der Waals surface area contributed by atoms with Crippen molar-refractivity contribution in [1.82, 2.24) is 0 Å². The summed E-state index contributed by atoms with van der Waals surface area (Å²) in [7, 11) is 0. The van der Waals surface area contributed by atoms with Crippen molar-refractivity contribution in [2.45, 2.75) is 19.6 Å². The predicted octanol–water partition coefficient (Wildman–Crippen LogP) is 5.93. The van der Waals surface area contributed by atoms with Gasteiger partial charge in [-0.3, -0.25) is 0 Å². The minimum absolute atomic E-state index is 0.269. The first-order valence-electron chi connectivity index (χ1n) is 7.10. The zero-order valence-electron chi connectivity index (χ0n) is 13.2. The molecule has 122 valence electrons. The summed E-state index contributed by atoms with van der Waals surface area (Å²) >= 11 is 12.0. The summed E-state index contributed by atoms with van der Waals surface area (Å²) in [4.78, 5) is 0. The molecule has 0 fully saturated rings. The predicted molar refractivity (Wildman–Crippen MR) is 100 cm³/mol. The minimum Gasteiger partial charge on any atom is -0.489 e. The Labute approximate surface area is 148 Å². The molecule has 4 heteroatoms. The molecule has 1 unspecified atom stereocenters. The van der Waals surface area contributed by atoms with Crippen LogP contribution in [0.15, 0.2) is 62.2 Å². The van der Waals surface area contributed by atoms with E-state index < -0.39 is 0 Å². The van der Waals surface area contributed by atoms with E-state index in [9.17, 15) is 0 Å². The van der Waals surface area contributed by atoms with Gasteiger partial charge in [0.2, 0.25) is 0 Å². The van der Waals surface area contributed by atoms with Gasteiger partial charge in [-0.1, -0.05) is 35.3 Å². The summed E-state index contributed by atoms with van der Waals surface area (Å²) in [5.74, 6) is 0.777. The van der Waals surface area contributed by atoms with E-state index in [2.05, 4.69) is 19.7 Å². The molecule has 2 N–H and O–H groups in total. The number of benzene rings is 2. The first kappa shape index (κ1) is 19.3. The molecule has 23 heavy (non-hydrogen) atoms. The van der Waals surface area contributed by atoms with E-state index in [4.69, 9.17) is 33.7 Å². The number of fused-ring (bicyclic) bond motifs is 2. The van der Waals surface area contributed by atoms with Crippen LogP contribution < -0.4 is 10.5 Å². The van der Waals surface area contributed by atoms with Crippen LogP contribution in [0.2, 0.25) is 10.0 Å². The van der Waals surface area contributed by atoms with Gasteiger partial charge in [0, 0.05) is 15.6 Å². The number of ether oxygens (including phenoxy) is 1. The molecule has 0 amide bonds. The van der Waals surface area contributed by atoms with Gasteiger partial charge in [-0.05, 0) is 48.4 Å². The third-order valence-corrected chi connectivity index (χ3v) is 3.60. The summed E-state index contributed by atoms with van der Waals surface area (Å²) in [6.07, 6.45) is 1.75. The highest BCUT2D eigenvalue weighted by Gasteiger charge is 2.22. The van der Waals surface area contributed by atoms with Crippen molar-refractivity contribution in [2.24, 2.45) is 5.73 Å². The van der Waals surface area contributed by atoms with Crippen LogP contribution in [-0.4, -0.2) is 0 Å². The standard InChI is InChI=1S/C14H11Cl2NO.C3H6.C2H4/c15-9-2-1-8-7-18-13-4-3-10(16)6-12(13)14(17)11(8)5-9;1-3-2;1-2/h1-6,14H,7,17H2;3H,1H2,2H3;1-2H2. The van der Waals surface area contributed by atoms with Gasteiger partial charge in [0.15, 0.2) is 0 Å². The fraction of sp³-hybridized carbons (Fsp3) is 0.158. The zero-order chi connectivity index (χ0) is 17.4. The Bertz CT molecular complexity index is 617. The maximum Gasteiger partial charge on any atom is 0.125 e. The smallest absolute Gasteiger partial charge is 0.125 e. The number of allylic oxidation sites excluding steroid dienone is 1. The molecule has 3 rings (SSSR count). The fourth-order valence-electron chi connectivity index (χ4n) is 2.20. The molecule has 1 heterocycles. The van der Waals surface area contributed by atoms with Crippen LogP contribution in [0.3, 0.4) is 0 Å². The molecule has 1 aliphatic heterocycles. The van der Waals surface area contributed by atoms with Gasteiger partial charge in [0.1, 0.15) is 12.4 Å². The Balaban J connectivity index is 0.000000477. The molecular formula is C19H21Cl2NO. The highest BCUT2D eigenvalue weighted by atomic mass is 35.5. The SMILES string of the molecule is C=C.C=CC.NC1c2cc(Cl)ccc2COc2ccc(Cl)cc21. The largest absolute Gasteiger partial charge is 0.489 e. The molecule has 0 spiro atoms. The number of halogens is 2. The molecule has 0 aliphatic carbocycles. The lowest BCUT2D eigenvalue weighted by molar-refractivity contribution is 0.307. The first-order chi connectivity index (χ1) is 11.1. The summed E-state index contributed by atoms with van der Waals surface area (Å²) in [6, 6.07) is 10.9. The van der Waals surface area contributed by atoms with E-state index in [1.165, 1.54) is 0 Å². The molecule has 2 aromatic rings. The average molecular weight is 350 g/mol. The van der Waals surface area contributed by atoms with Crippen molar-refractivity contribution in [3.05, 3.63) is 88.9 Å².